The first-order valence-corrected chi connectivity index (χ1v) is 7.15. The van der Waals surface area contributed by atoms with Gasteiger partial charge in [-0.15, -0.1) is 0 Å². The van der Waals surface area contributed by atoms with E-state index in [4.69, 9.17) is 0 Å². The van der Waals surface area contributed by atoms with Gasteiger partial charge in [0.15, 0.2) is 0 Å². The highest BCUT2D eigenvalue weighted by Gasteiger charge is 2.37. The molecule has 0 aromatic heterocycles. The number of anilines is 1. The average Bonchev–Trinajstić information content (AvgIpc) is 2.78. The number of carbonyl (C=O) groups is 2. The van der Waals surface area contributed by atoms with Crippen LogP contribution in [0.3, 0.4) is 0 Å². The molecule has 1 aromatic carbocycles. The molecule has 1 aromatic rings. The number of carbonyl (C=O) groups excluding carboxylic acids is 2. The molecular weight excluding hydrogens is 252 g/mol. The van der Waals surface area contributed by atoms with E-state index >= 15 is 0 Å². The molecule has 1 aliphatic rings. The molecule has 0 bridgehead atoms. The van der Waals surface area contributed by atoms with Crippen molar-refractivity contribution in [3.63, 3.8) is 0 Å². The van der Waals surface area contributed by atoms with Crippen LogP contribution >= 0.6 is 0 Å². The molecule has 2 rings (SSSR count). The van der Waals surface area contributed by atoms with Crippen molar-refractivity contribution in [2.24, 2.45) is 11.8 Å². The summed E-state index contributed by atoms with van der Waals surface area (Å²) in [5, 5.41) is 2.85. The summed E-state index contributed by atoms with van der Waals surface area (Å²) in [6.45, 7) is 7.29. The molecule has 4 nitrogen and oxygen atoms in total. The number of benzene rings is 1. The van der Waals surface area contributed by atoms with Crippen LogP contribution in [0.5, 0.6) is 0 Å². The van der Waals surface area contributed by atoms with Crippen molar-refractivity contribution in [2.45, 2.75) is 27.2 Å². The van der Waals surface area contributed by atoms with Crippen molar-refractivity contribution in [3.05, 3.63) is 29.8 Å². The average molecular weight is 274 g/mol. The molecule has 1 atom stereocenters. The third kappa shape index (κ3) is 3.00. The van der Waals surface area contributed by atoms with Gasteiger partial charge in [-0.1, -0.05) is 32.0 Å². The van der Waals surface area contributed by atoms with E-state index in [-0.39, 0.29) is 11.8 Å². The summed E-state index contributed by atoms with van der Waals surface area (Å²) < 4.78 is 0. The molecule has 108 valence electrons. The van der Waals surface area contributed by atoms with E-state index in [9.17, 15) is 9.59 Å². The fraction of sp³-hybridized carbons (Fsp3) is 0.500. The van der Waals surface area contributed by atoms with Gasteiger partial charge in [-0.3, -0.25) is 9.59 Å². The second-order valence-corrected chi connectivity index (χ2v) is 5.76. The molecule has 0 aliphatic carbocycles. The summed E-state index contributed by atoms with van der Waals surface area (Å²) in [6.07, 6.45) is 0.594. The number of amides is 2. The number of para-hydroxylation sites is 1. The lowest BCUT2D eigenvalue weighted by molar-refractivity contribution is -0.132. The molecule has 0 unspecified atom stereocenters. The monoisotopic (exact) mass is 274 g/mol. The van der Waals surface area contributed by atoms with Crippen LogP contribution in [0.25, 0.3) is 0 Å². The highest BCUT2D eigenvalue weighted by Crippen LogP contribution is 2.27. The van der Waals surface area contributed by atoms with E-state index in [1.807, 2.05) is 45.0 Å². The minimum atomic E-state index is -0.534. The third-order valence-corrected chi connectivity index (χ3v) is 3.61. The van der Waals surface area contributed by atoms with Crippen molar-refractivity contribution in [1.82, 2.24) is 5.32 Å². The van der Waals surface area contributed by atoms with E-state index in [0.717, 1.165) is 11.3 Å². The Bertz CT molecular complexity index is 511. The van der Waals surface area contributed by atoms with Crippen molar-refractivity contribution in [2.75, 3.05) is 18.0 Å². The second-order valence-electron chi connectivity index (χ2n) is 5.76. The highest BCUT2D eigenvalue weighted by atomic mass is 16.2. The number of aryl methyl sites for hydroxylation is 1. The Morgan fingerprint density at radius 2 is 2.10 bits per heavy atom. The maximum Gasteiger partial charge on any atom is 0.239 e. The zero-order chi connectivity index (χ0) is 14.7. The highest BCUT2D eigenvalue weighted by molar-refractivity contribution is 6.09. The van der Waals surface area contributed by atoms with Crippen LogP contribution in [0, 0.1) is 18.8 Å². The summed E-state index contributed by atoms with van der Waals surface area (Å²) >= 11 is 0. The minimum Gasteiger partial charge on any atom is -0.355 e. The Labute approximate surface area is 120 Å². The van der Waals surface area contributed by atoms with E-state index in [1.165, 1.54) is 0 Å². The molecule has 0 radical (unpaired) electrons. The van der Waals surface area contributed by atoms with Gasteiger partial charge in [0.05, 0.1) is 0 Å². The molecule has 0 spiro atoms. The van der Waals surface area contributed by atoms with Crippen LogP contribution in [0.4, 0.5) is 5.69 Å². The number of nitrogens with zero attached hydrogens (tertiary/aromatic N) is 1. The summed E-state index contributed by atoms with van der Waals surface area (Å²) in [6, 6.07) is 7.78. The SMILES string of the molecule is Cc1ccccc1N1CC[C@H](C(=O)NCC(C)C)C1=O. The first kappa shape index (κ1) is 14.6. The summed E-state index contributed by atoms with van der Waals surface area (Å²) in [5.74, 6) is -0.364. The van der Waals surface area contributed by atoms with Gasteiger partial charge in [0.25, 0.3) is 0 Å². The lowest BCUT2D eigenvalue weighted by Crippen LogP contribution is -2.38. The van der Waals surface area contributed by atoms with Gasteiger partial charge in [0.2, 0.25) is 11.8 Å². The van der Waals surface area contributed by atoms with Crippen molar-refractivity contribution < 1.29 is 9.59 Å². The quantitative estimate of drug-likeness (QED) is 0.855. The minimum absolute atomic E-state index is 0.0828. The number of nitrogens with one attached hydrogen (secondary N) is 1. The van der Waals surface area contributed by atoms with Gasteiger partial charge in [-0.25, -0.2) is 0 Å². The molecule has 1 saturated heterocycles. The maximum absolute atomic E-state index is 12.4. The Morgan fingerprint density at radius 1 is 1.40 bits per heavy atom. The predicted molar refractivity (Wildman–Crippen MR) is 79.5 cm³/mol. The van der Waals surface area contributed by atoms with Gasteiger partial charge < -0.3 is 10.2 Å². The fourth-order valence-electron chi connectivity index (χ4n) is 2.46. The van der Waals surface area contributed by atoms with Crippen LogP contribution in [-0.2, 0) is 9.59 Å². The zero-order valence-electron chi connectivity index (χ0n) is 12.3. The Balaban J connectivity index is 2.06. The topological polar surface area (TPSA) is 49.4 Å². The van der Waals surface area contributed by atoms with Crippen LogP contribution < -0.4 is 10.2 Å². The normalized spacial score (nSPS) is 18.7. The number of hydrogen-bond acceptors (Lipinski definition) is 2. The van der Waals surface area contributed by atoms with Gasteiger partial charge in [-0.2, -0.15) is 0 Å². The molecule has 1 fully saturated rings. The van der Waals surface area contributed by atoms with E-state index < -0.39 is 5.92 Å². The largest absolute Gasteiger partial charge is 0.355 e. The number of rotatable bonds is 4. The Kier molecular flexibility index (Phi) is 4.42. The van der Waals surface area contributed by atoms with Crippen LogP contribution in [-0.4, -0.2) is 24.9 Å². The zero-order valence-corrected chi connectivity index (χ0v) is 12.3. The van der Waals surface area contributed by atoms with E-state index in [1.54, 1.807) is 4.90 Å². The van der Waals surface area contributed by atoms with Crippen LogP contribution in [0.15, 0.2) is 24.3 Å². The van der Waals surface area contributed by atoms with Crippen molar-refractivity contribution in [1.29, 1.82) is 0 Å². The van der Waals surface area contributed by atoms with Gasteiger partial charge in [-0.05, 0) is 30.9 Å². The maximum atomic E-state index is 12.4. The molecule has 4 heteroatoms. The van der Waals surface area contributed by atoms with E-state index in [0.29, 0.717) is 25.4 Å². The Hall–Kier alpha value is -1.84. The summed E-state index contributed by atoms with van der Waals surface area (Å²) in [4.78, 5) is 26.2. The molecule has 2 amide bonds. The fourth-order valence-corrected chi connectivity index (χ4v) is 2.46. The summed E-state index contributed by atoms with van der Waals surface area (Å²) in [7, 11) is 0. The molecule has 0 saturated carbocycles. The molecule has 1 aliphatic heterocycles. The smallest absolute Gasteiger partial charge is 0.239 e. The van der Waals surface area contributed by atoms with Gasteiger partial charge in [0.1, 0.15) is 5.92 Å². The lowest BCUT2D eigenvalue weighted by Gasteiger charge is -2.19. The van der Waals surface area contributed by atoms with Crippen LogP contribution in [0.2, 0.25) is 0 Å². The standard InChI is InChI=1S/C16H22N2O2/c1-11(2)10-17-15(19)13-8-9-18(16(13)20)14-7-5-4-6-12(14)3/h4-7,11,13H,8-10H2,1-3H3,(H,17,19)/t13-/m1/s1. The van der Waals surface area contributed by atoms with Gasteiger partial charge in [0, 0.05) is 18.8 Å². The number of hydrogen-bond donors (Lipinski definition) is 1. The van der Waals surface area contributed by atoms with Crippen molar-refractivity contribution >= 4 is 17.5 Å². The molecular formula is C16H22N2O2. The van der Waals surface area contributed by atoms with Gasteiger partial charge >= 0.3 is 0 Å². The summed E-state index contributed by atoms with van der Waals surface area (Å²) in [5.41, 5.74) is 1.97. The van der Waals surface area contributed by atoms with E-state index in [2.05, 4.69) is 5.32 Å². The van der Waals surface area contributed by atoms with Crippen molar-refractivity contribution in [3.8, 4) is 0 Å². The third-order valence-electron chi connectivity index (χ3n) is 3.61. The predicted octanol–water partition coefficient (Wildman–Crippen LogP) is 2.12. The second kappa shape index (κ2) is 6.07. The first-order valence-electron chi connectivity index (χ1n) is 7.15. The molecule has 1 heterocycles. The Morgan fingerprint density at radius 3 is 2.75 bits per heavy atom. The lowest BCUT2D eigenvalue weighted by atomic mass is 10.1. The molecule has 20 heavy (non-hydrogen) atoms. The first-order chi connectivity index (χ1) is 9.50. The molecule has 1 N–H and O–H groups in total. The van der Waals surface area contributed by atoms with Crippen LogP contribution in [0.1, 0.15) is 25.8 Å².